The van der Waals surface area contributed by atoms with Crippen LogP contribution in [0.25, 0.3) is 11.3 Å². The Bertz CT molecular complexity index is 1100. The van der Waals surface area contributed by atoms with E-state index in [4.69, 9.17) is 4.74 Å². The lowest BCUT2D eigenvalue weighted by atomic mass is 10.1. The average molecular weight is 397 g/mol. The number of nitrogens with zero attached hydrogens (tertiary/aromatic N) is 2. The number of para-hydroxylation sites is 1. The van der Waals surface area contributed by atoms with Crippen LogP contribution in [0.1, 0.15) is 13.8 Å². The van der Waals surface area contributed by atoms with Crippen molar-refractivity contribution in [1.29, 1.82) is 0 Å². The van der Waals surface area contributed by atoms with Crippen molar-refractivity contribution in [2.45, 2.75) is 20.4 Å². The monoisotopic (exact) mass is 397 g/mol. The number of carbonyl (C=O) groups excluding carboxylic acids is 1. The number of thiazole rings is 1. The summed E-state index contributed by atoms with van der Waals surface area (Å²) in [5.74, 6) is 0.529. The normalized spacial score (nSPS) is 14.0. The van der Waals surface area contributed by atoms with E-state index in [0.717, 1.165) is 22.6 Å². The van der Waals surface area contributed by atoms with Crippen molar-refractivity contribution >= 4 is 28.6 Å². The first-order chi connectivity index (χ1) is 13.5. The maximum absolute atomic E-state index is 14.1. The third kappa shape index (κ3) is 3.71. The standard InChI is InChI=1S/C21H20FN3O2S/c1-13(2)10-25-18(12-28-21(25)24-16-6-4-3-5-15(16)22)14-7-8-19-17(9-14)23-20(26)11-27-19/h3-9,12-13H,10-11H2,1-2H3,(H,23,26). The van der Waals surface area contributed by atoms with E-state index in [-0.39, 0.29) is 18.3 Å². The van der Waals surface area contributed by atoms with Gasteiger partial charge in [-0.3, -0.25) is 4.79 Å². The van der Waals surface area contributed by atoms with Crippen LogP contribution in [0.3, 0.4) is 0 Å². The molecule has 0 saturated heterocycles. The molecule has 4 rings (SSSR count). The highest BCUT2D eigenvalue weighted by Gasteiger charge is 2.18. The first-order valence-corrected chi connectivity index (χ1v) is 9.94. The van der Waals surface area contributed by atoms with Crippen molar-refractivity contribution in [1.82, 2.24) is 4.57 Å². The Morgan fingerprint density at radius 2 is 2.11 bits per heavy atom. The molecular weight excluding hydrogens is 377 g/mol. The van der Waals surface area contributed by atoms with Crippen LogP contribution in [0, 0.1) is 11.7 Å². The van der Waals surface area contributed by atoms with Crippen molar-refractivity contribution in [3.63, 3.8) is 0 Å². The molecule has 0 fully saturated rings. The molecule has 0 radical (unpaired) electrons. The van der Waals surface area contributed by atoms with Crippen LogP contribution in [0.5, 0.6) is 5.75 Å². The van der Waals surface area contributed by atoms with Gasteiger partial charge < -0.3 is 14.6 Å². The van der Waals surface area contributed by atoms with E-state index in [1.54, 1.807) is 18.2 Å². The van der Waals surface area contributed by atoms with Gasteiger partial charge in [0.15, 0.2) is 11.4 Å². The predicted octanol–water partition coefficient (Wildman–Crippen LogP) is 4.58. The van der Waals surface area contributed by atoms with Gasteiger partial charge in [0.25, 0.3) is 5.91 Å². The number of hydrogen-bond donors (Lipinski definition) is 1. The van der Waals surface area contributed by atoms with E-state index in [2.05, 4.69) is 28.7 Å². The zero-order valence-electron chi connectivity index (χ0n) is 15.6. The molecule has 0 spiro atoms. The molecule has 1 amide bonds. The molecule has 1 aliphatic rings. The third-order valence-electron chi connectivity index (χ3n) is 4.32. The van der Waals surface area contributed by atoms with Crippen molar-refractivity contribution in [2.75, 3.05) is 11.9 Å². The van der Waals surface area contributed by atoms with E-state index in [9.17, 15) is 9.18 Å². The number of benzene rings is 2. The first-order valence-electron chi connectivity index (χ1n) is 9.06. The molecule has 0 saturated carbocycles. The zero-order chi connectivity index (χ0) is 19.7. The third-order valence-corrected chi connectivity index (χ3v) is 5.19. The summed E-state index contributed by atoms with van der Waals surface area (Å²) in [4.78, 5) is 16.9. The van der Waals surface area contributed by atoms with Crippen LogP contribution in [0.4, 0.5) is 15.8 Å². The molecule has 1 N–H and O–H groups in total. The summed E-state index contributed by atoms with van der Waals surface area (Å²) in [6.07, 6.45) is 0. The molecule has 5 nitrogen and oxygen atoms in total. The summed E-state index contributed by atoms with van der Waals surface area (Å²) >= 11 is 1.47. The Labute approximate surface area is 166 Å². The molecular formula is C21H20FN3O2S. The summed E-state index contributed by atoms with van der Waals surface area (Å²) < 4.78 is 21.6. The molecule has 7 heteroatoms. The minimum atomic E-state index is -0.345. The Morgan fingerprint density at radius 1 is 1.29 bits per heavy atom. The summed E-state index contributed by atoms with van der Waals surface area (Å²) in [7, 11) is 0. The summed E-state index contributed by atoms with van der Waals surface area (Å²) in [6.45, 7) is 5.03. The van der Waals surface area contributed by atoms with Gasteiger partial charge in [-0.2, -0.15) is 0 Å². The van der Waals surface area contributed by atoms with Gasteiger partial charge in [0.2, 0.25) is 0 Å². The van der Waals surface area contributed by atoms with Crippen LogP contribution >= 0.6 is 11.3 Å². The summed E-state index contributed by atoms with van der Waals surface area (Å²) in [6, 6.07) is 12.2. The first kappa shape index (κ1) is 18.4. The zero-order valence-corrected chi connectivity index (χ0v) is 16.4. The molecule has 0 bridgehead atoms. The smallest absolute Gasteiger partial charge is 0.262 e. The van der Waals surface area contributed by atoms with E-state index in [0.29, 0.717) is 23.0 Å². The number of carbonyl (C=O) groups is 1. The van der Waals surface area contributed by atoms with Gasteiger partial charge >= 0.3 is 0 Å². The number of hydrogen-bond acceptors (Lipinski definition) is 4. The number of nitrogens with one attached hydrogen (secondary N) is 1. The molecule has 2 aromatic carbocycles. The van der Waals surface area contributed by atoms with Gasteiger partial charge in [-0.1, -0.05) is 26.0 Å². The number of rotatable bonds is 4. The van der Waals surface area contributed by atoms with E-state index >= 15 is 0 Å². The highest BCUT2D eigenvalue weighted by atomic mass is 32.1. The van der Waals surface area contributed by atoms with Crippen LogP contribution in [0.2, 0.25) is 0 Å². The van der Waals surface area contributed by atoms with Crippen molar-refractivity contribution in [2.24, 2.45) is 10.9 Å². The number of halogens is 1. The van der Waals surface area contributed by atoms with Crippen molar-refractivity contribution in [3.05, 3.63) is 58.5 Å². The van der Waals surface area contributed by atoms with Crippen LogP contribution in [-0.2, 0) is 11.3 Å². The Kier molecular flexibility index (Phi) is 5.00. The van der Waals surface area contributed by atoms with Crippen molar-refractivity contribution < 1.29 is 13.9 Å². The number of ether oxygens (including phenoxy) is 1. The highest BCUT2D eigenvalue weighted by molar-refractivity contribution is 7.07. The van der Waals surface area contributed by atoms with E-state index in [1.807, 2.05) is 23.6 Å². The maximum Gasteiger partial charge on any atom is 0.262 e. The van der Waals surface area contributed by atoms with E-state index < -0.39 is 0 Å². The van der Waals surface area contributed by atoms with Gasteiger partial charge in [0, 0.05) is 17.5 Å². The van der Waals surface area contributed by atoms with Gasteiger partial charge in [0.1, 0.15) is 17.3 Å². The molecule has 0 atom stereocenters. The maximum atomic E-state index is 14.1. The second kappa shape index (κ2) is 7.59. The minimum Gasteiger partial charge on any atom is -0.482 e. The molecule has 28 heavy (non-hydrogen) atoms. The van der Waals surface area contributed by atoms with Gasteiger partial charge in [0.05, 0.1) is 11.4 Å². The molecule has 2 heterocycles. The minimum absolute atomic E-state index is 0.0316. The molecule has 144 valence electrons. The number of fused-ring (bicyclic) bond motifs is 1. The molecule has 0 aliphatic carbocycles. The number of amides is 1. The Balaban J connectivity index is 1.82. The number of aromatic nitrogens is 1. The fourth-order valence-electron chi connectivity index (χ4n) is 3.08. The fraction of sp³-hybridized carbons (Fsp3) is 0.238. The molecule has 1 aliphatic heterocycles. The lowest BCUT2D eigenvalue weighted by molar-refractivity contribution is -0.118. The molecule has 3 aromatic rings. The largest absolute Gasteiger partial charge is 0.482 e. The summed E-state index contributed by atoms with van der Waals surface area (Å²) in [5.41, 5.74) is 2.89. The van der Waals surface area contributed by atoms with Crippen molar-refractivity contribution in [3.8, 4) is 17.0 Å². The second-order valence-corrected chi connectivity index (χ2v) is 7.86. The Hall–Kier alpha value is -2.93. The lowest BCUT2D eigenvalue weighted by Crippen LogP contribution is -2.25. The SMILES string of the molecule is CC(C)Cn1c(-c2ccc3c(c2)NC(=O)CO3)csc1=Nc1ccccc1F. The second-order valence-electron chi connectivity index (χ2n) is 7.02. The summed E-state index contributed by atoms with van der Waals surface area (Å²) in [5, 5.41) is 4.85. The predicted molar refractivity (Wildman–Crippen MR) is 108 cm³/mol. The van der Waals surface area contributed by atoms with Gasteiger partial charge in [-0.15, -0.1) is 11.3 Å². The molecule has 0 unspecified atom stereocenters. The Morgan fingerprint density at radius 3 is 2.89 bits per heavy atom. The van der Waals surface area contributed by atoms with Crippen LogP contribution < -0.4 is 14.9 Å². The quantitative estimate of drug-likeness (QED) is 0.701. The van der Waals surface area contributed by atoms with E-state index in [1.165, 1.54) is 17.4 Å². The van der Waals surface area contributed by atoms with Gasteiger partial charge in [-0.25, -0.2) is 9.38 Å². The van der Waals surface area contributed by atoms with Gasteiger partial charge in [-0.05, 0) is 36.2 Å². The van der Waals surface area contributed by atoms with Crippen LogP contribution in [-0.4, -0.2) is 17.1 Å². The highest BCUT2D eigenvalue weighted by Crippen LogP contribution is 2.33. The average Bonchev–Trinajstić information content (AvgIpc) is 3.04. The molecule has 1 aromatic heterocycles. The fourth-order valence-corrected chi connectivity index (χ4v) is 4.01. The topological polar surface area (TPSA) is 55.6 Å². The number of anilines is 1. The lowest BCUT2D eigenvalue weighted by Gasteiger charge is -2.19. The van der Waals surface area contributed by atoms with Crippen LogP contribution in [0.15, 0.2) is 52.8 Å².